The van der Waals surface area contributed by atoms with Gasteiger partial charge < -0.3 is 0 Å². The Morgan fingerprint density at radius 1 is 1.31 bits per heavy atom. The van der Waals surface area contributed by atoms with Gasteiger partial charge in [0.25, 0.3) is 5.69 Å². The molecule has 4 heteroatoms. The number of benzene rings is 1. The molecule has 0 saturated heterocycles. The summed E-state index contributed by atoms with van der Waals surface area (Å²) in [6.45, 7) is 7.20. The fraction of sp³-hybridized carbons (Fsp3) is 0.417. The first-order valence-electron chi connectivity index (χ1n) is 5.03. The number of nitro groups is 1. The number of hydrogen-bond donors (Lipinski definition) is 0. The van der Waals surface area contributed by atoms with Crippen LogP contribution in [0, 0.1) is 22.5 Å². The normalized spacial score (nSPS) is 11.2. The fourth-order valence-electron chi connectivity index (χ4n) is 1.42. The maximum atomic E-state index is 12.0. The van der Waals surface area contributed by atoms with Gasteiger partial charge in [0.1, 0.15) is 0 Å². The van der Waals surface area contributed by atoms with Crippen LogP contribution in [0.4, 0.5) is 5.69 Å². The minimum absolute atomic E-state index is 0.0000945. The van der Waals surface area contributed by atoms with Crippen molar-refractivity contribution in [2.45, 2.75) is 27.7 Å². The molecule has 0 amide bonds. The van der Waals surface area contributed by atoms with Gasteiger partial charge in [0.15, 0.2) is 5.78 Å². The van der Waals surface area contributed by atoms with E-state index in [0.717, 1.165) is 0 Å². The highest BCUT2D eigenvalue weighted by Gasteiger charge is 2.24. The molecule has 0 aliphatic rings. The molecule has 0 spiro atoms. The number of carbonyl (C=O) groups excluding carboxylic acids is 1. The van der Waals surface area contributed by atoms with E-state index in [1.165, 1.54) is 18.2 Å². The molecular weight excluding hydrogens is 206 g/mol. The lowest BCUT2D eigenvalue weighted by Crippen LogP contribution is -2.21. The van der Waals surface area contributed by atoms with E-state index in [1.807, 2.05) is 20.8 Å². The molecule has 0 heterocycles. The highest BCUT2D eigenvalue weighted by atomic mass is 16.6. The van der Waals surface area contributed by atoms with E-state index in [4.69, 9.17) is 0 Å². The molecular formula is C12H15NO3. The minimum Gasteiger partial charge on any atom is -0.294 e. The van der Waals surface area contributed by atoms with E-state index < -0.39 is 10.3 Å². The van der Waals surface area contributed by atoms with Gasteiger partial charge in [-0.3, -0.25) is 14.9 Å². The molecule has 4 nitrogen and oxygen atoms in total. The topological polar surface area (TPSA) is 60.2 Å². The maximum Gasteiger partial charge on any atom is 0.269 e. The molecule has 0 saturated carbocycles. The van der Waals surface area contributed by atoms with Gasteiger partial charge in [-0.15, -0.1) is 0 Å². The molecule has 86 valence electrons. The number of rotatable bonds is 2. The Bertz CT molecular complexity index is 444. The fourth-order valence-corrected chi connectivity index (χ4v) is 1.42. The van der Waals surface area contributed by atoms with E-state index in [1.54, 1.807) is 6.92 Å². The summed E-state index contributed by atoms with van der Waals surface area (Å²) in [6, 6.07) is 4.33. The lowest BCUT2D eigenvalue weighted by atomic mass is 9.85. The number of nitrogens with zero attached hydrogens (tertiary/aromatic N) is 1. The lowest BCUT2D eigenvalue weighted by Gasteiger charge is -2.17. The zero-order chi connectivity index (χ0) is 12.5. The Morgan fingerprint density at radius 3 is 2.25 bits per heavy atom. The largest absolute Gasteiger partial charge is 0.294 e. The monoisotopic (exact) mass is 221 g/mol. The first-order chi connectivity index (χ1) is 7.23. The molecule has 0 N–H and O–H groups in total. The van der Waals surface area contributed by atoms with Crippen molar-refractivity contribution >= 4 is 11.5 Å². The van der Waals surface area contributed by atoms with Gasteiger partial charge in [-0.25, -0.2) is 0 Å². The quantitative estimate of drug-likeness (QED) is 0.438. The van der Waals surface area contributed by atoms with Crippen molar-refractivity contribution in [3.63, 3.8) is 0 Å². The highest BCUT2D eigenvalue weighted by Crippen LogP contribution is 2.25. The summed E-state index contributed by atoms with van der Waals surface area (Å²) in [5.41, 5.74) is 0.746. The second-order valence-corrected chi connectivity index (χ2v) is 4.84. The Hall–Kier alpha value is -1.71. The van der Waals surface area contributed by atoms with Gasteiger partial charge in [0.2, 0.25) is 0 Å². The zero-order valence-corrected chi connectivity index (χ0v) is 9.90. The summed E-state index contributed by atoms with van der Waals surface area (Å²) in [4.78, 5) is 22.1. The van der Waals surface area contributed by atoms with Crippen LogP contribution >= 0.6 is 0 Å². The van der Waals surface area contributed by atoms with E-state index in [-0.39, 0.29) is 11.5 Å². The van der Waals surface area contributed by atoms with Crippen molar-refractivity contribution in [2.24, 2.45) is 5.41 Å². The van der Waals surface area contributed by atoms with Crippen molar-refractivity contribution < 1.29 is 9.72 Å². The molecule has 0 fully saturated rings. The van der Waals surface area contributed by atoms with Crippen LogP contribution in [0.5, 0.6) is 0 Å². The van der Waals surface area contributed by atoms with Gasteiger partial charge in [-0.1, -0.05) is 20.8 Å². The minimum atomic E-state index is -0.471. The van der Waals surface area contributed by atoms with Crippen LogP contribution in [0.3, 0.4) is 0 Å². The smallest absolute Gasteiger partial charge is 0.269 e. The lowest BCUT2D eigenvalue weighted by molar-refractivity contribution is -0.384. The number of non-ortho nitro benzene ring substituents is 1. The second-order valence-electron chi connectivity index (χ2n) is 4.84. The van der Waals surface area contributed by atoms with E-state index >= 15 is 0 Å². The Labute approximate surface area is 94.4 Å². The third-order valence-electron chi connectivity index (χ3n) is 2.35. The van der Waals surface area contributed by atoms with Gasteiger partial charge in [0, 0.05) is 23.1 Å². The summed E-state index contributed by atoms with van der Waals surface area (Å²) in [6.07, 6.45) is 0. The van der Waals surface area contributed by atoms with Gasteiger partial charge in [0.05, 0.1) is 4.92 Å². The summed E-state index contributed by atoms with van der Waals surface area (Å²) in [7, 11) is 0. The van der Waals surface area contributed by atoms with Crippen LogP contribution in [-0.4, -0.2) is 10.7 Å². The van der Waals surface area contributed by atoms with Crippen LogP contribution in [0.2, 0.25) is 0 Å². The molecule has 1 aromatic carbocycles. The molecule has 0 unspecified atom stereocenters. The molecule has 0 atom stereocenters. The molecule has 0 aromatic heterocycles. The van der Waals surface area contributed by atoms with Crippen molar-refractivity contribution in [1.82, 2.24) is 0 Å². The number of aryl methyl sites for hydroxylation is 1. The number of ketones is 1. The van der Waals surface area contributed by atoms with E-state index in [2.05, 4.69) is 0 Å². The first kappa shape index (κ1) is 12.4. The van der Waals surface area contributed by atoms with Gasteiger partial charge >= 0.3 is 0 Å². The average Bonchev–Trinajstić information content (AvgIpc) is 2.15. The third-order valence-corrected chi connectivity index (χ3v) is 2.35. The summed E-state index contributed by atoms with van der Waals surface area (Å²) in [5, 5.41) is 10.6. The van der Waals surface area contributed by atoms with Crippen LogP contribution in [0.1, 0.15) is 36.7 Å². The Kier molecular flexibility index (Phi) is 3.12. The second kappa shape index (κ2) is 4.04. The standard InChI is InChI=1S/C12H15NO3/c1-8-7-9(13(15)16)5-6-10(8)11(14)12(2,3)4/h5-7H,1-4H3. The molecule has 1 rings (SSSR count). The highest BCUT2D eigenvalue weighted by molar-refractivity contribution is 6.01. The number of hydrogen-bond acceptors (Lipinski definition) is 3. The summed E-state index contributed by atoms with van der Waals surface area (Å²) in [5.74, 6) is -0.0000945. The van der Waals surface area contributed by atoms with Crippen molar-refractivity contribution in [3.8, 4) is 0 Å². The average molecular weight is 221 g/mol. The molecule has 0 aliphatic heterocycles. The Balaban J connectivity index is 3.19. The molecule has 0 bridgehead atoms. The SMILES string of the molecule is Cc1cc([N+](=O)[O-])ccc1C(=O)C(C)(C)C. The van der Waals surface area contributed by atoms with E-state index in [0.29, 0.717) is 11.1 Å². The van der Waals surface area contributed by atoms with Crippen molar-refractivity contribution in [3.05, 3.63) is 39.4 Å². The number of carbonyl (C=O) groups is 1. The first-order valence-corrected chi connectivity index (χ1v) is 5.03. The zero-order valence-electron chi connectivity index (χ0n) is 9.90. The van der Waals surface area contributed by atoms with Crippen molar-refractivity contribution in [2.75, 3.05) is 0 Å². The predicted octanol–water partition coefficient (Wildman–Crippen LogP) is 3.13. The van der Waals surface area contributed by atoms with Crippen LogP contribution in [0.15, 0.2) is 18.2 Å². The Morgan fingerprint density at radius 2 is 1.88 bits per heavy atom. The third kappa shape index (κ3) is 2.45. The predicted molar refractivity (Wildman–Crippen MR) is 61.6 cm³/mol. The molecule has 0 radical (unpaired) electrons. The summed E-state index contributed by atoms with van der Waals surface area (Å²) >= 11 is 0. The van der Waals surface area contributed by atoms with Crippen LogP contribution in [0.25, 0.3) is 0 Å². The summed E-state index contributed by atoms with van der Waals surface area (Å²) < 4.78 is 0. The molecule has 16 heavy (non-hydrogen) atoms. The number of nitro benzene ring substituents is 1. The van der Waals surface area contributed by atoms with Crippen LogP contribution < -0.4 is 0 Å². The number of Topliss-reactive ketones (excluding diaryl/α,β-unsaturated/α-hetero) is 1. The van der Waals surface area contributed by atoms with Gasteiger partial charge in [-0.05, 0) is 18.6 Å². The van der Waals surface area contributed by atoms with Gasteiger partial charge in [-0.2, -0.15) is 0 Å². The van der Waals surface area contributed by atoms with Crippen molar-refractivity contribution in [1.29, 1.82) is 0 Å². The molecule has 0 aliphatic carbocycles. The maximum absolute atomic E-state index is 12.0. The van der Waals surface area contributed by atoms with E-state index in [9.17, 15) is 14.9 Å². The molecule has 1 aromatic rings. The van der Waals surface area contributed by atoms with Crippen LogP contribution in [-0.2, 0) is 0 Å².